The first-order valence-electron chi connectivity index (χ1n) is 5.40. The average Bonchev–Trinajstić information content (AvgIpc) is 2.86. The van der Waals surface area contributed by atoms with Crippen molar-refractivity contribution in [1.82, 2.24) is 20.2 Å². The predicted octanol–water partition coefficient (Wildman–Crippen LogP) is 1.97. The van der Waals surface area contributed by atoms with Crippen molar-refractivity contribution in [2.24, 2.45) is 0 Å². The smallest absolute Gasteiger partial charge is 0.318 e. The van der Waals surface area contributed by atoms with Crippen LogP contribution in [0.5, 0.6) is 0 Å². The van der Waals surface area contributed by atoms with Crippen LogP contribution in [0.15, 0.2) is 29.4 Å². The molecular weight excluding hydrogens is 288 g/mol. The Morgan fingerprint density at radius 2 is 2.11 bits per heavy atom. The maximum Gasteiger partial charge on any atom is 0.318 e. The number of ether oxygens (including phenoxy) is 1. The quantitative estimate of drug-likeness (QED) is 0.635. The van der Waals surface area contributed by atoms with Gasteiger partial charge in [0.2, 0.25) is 5.16 Å². The first-order chi connectivity index (χ1) is 9.11. The second kappa shape index (κ2) is 6.03. The number of esters is 1. The molecule has 6 nitrogen and oxygen atoms in total. The number of halogens is 1. The highest BCUT2D eigenvalue weighted by Gasteiger charge is 2.19. The molecule has 0 amide bonds. The fraction of sp³-hybridized carbons (Fsp3) is 0.273. The SMILES string of the molecule is COC(=O)C(C)Sc1nnnn1-c1ccc(Cl)cc1. The second-order valence-electron chi connectivity index (χ2n) is 3.63. The molecule has 1 aromatic heterocycles. The van der Waals surface area contributed by atoms with Crippen LogP contribution in [0.1, 0.15) is 6.92 Å². The molecule has 0 aliphatic heterocycles. The van der Waals surface area contributed by atoms with Crippen LogP contribution in [-0.4, -0.2) is 38.5 Å². The van der Waals surface area contributed by atoms with E-state index in [1.54, 1.807) is 35.9 Å². The lowest BCUT2D eigenvalue weighted by Crippen LogP contribution is -2.15. The summed E-state index contributed by atoms with van der Waals surface area (Å²) in [6.07, 6.45) is 0. The summed E-state index contributed by atoms with van der Waals surface area (Å²) in [6.45, 7) is 1.73. The number of hydrogen-bond acceptors (Lipinski definition) is 6. The normalized spacial score (nSPS) is 12.2. The van der Waals surface area contributed by atoms with Crippen molar-refractivity contribution in [1.29, 1.82) is 0 Å². The molecule has 0 fully saturated rings. The fourth-order valence-corrected chi connectivity index (χ4v) is 2.33. The molecule has 0 radical (unpaired) electrons. The van der Waals surface area contributed by atoms with E-state index in [0.717, 1.165) is 5.69 Å². The van der Waals surface area contributed by atoms with Crippen LogP contribution >= 0.6 is 23.4 Å². The molecule has 0 bridgehead atoms. The monoisotopic (exact) mass is 298 g/mol. The molecular formula is C11H11ClN4O2S. The predicted molar refractivity (Wildman–Crippen MR) is 71.5 cm³/mol. The minimum absolute atomic E-state index is 0.323. The number of tetrazole rings is 1. The largest absolute Gasteiger partial charge is 0.468 e. The van der Waals surface area contributed by atoms with Crippen molar-refractivity contribution in [2.45, 2.75) is 17.3 Å². The molecule has 0 aliphatic carbocycles. The minimum atomic E-state index is -0.387. The molecule has 0 spiro atoms. The van der Waals surface area contributed by atoms with Gasteiger partial charge in [-0.15, -0.1) is 5.10 Å². The van der Waals surface area contributed by atoms with Crippen LogP contribution in [0, 0.1) is 0 Å². The molecule has 2 rings (SSSR count). The van der Waals surface area contributed by atoms with E-state index in [2.05, 4.69) is 20.3 Å². The molecule has 1 atom stereocenters. The van der Waals surface area contributed by atoms with Gasteiger partial charge in [0.15, 0.2) is 0 Å². The third-order valence-corrected chi connectivity index (χ3v) is 3.59. The van der Waals surface area contributed by atoms with Gasteiger partial charge in [-0.1, -0.05) is 23.4 Å². The highest BCUT2D eigenvalue weighted by atomic mass is 35.5. The second-order valence-corrected chi connectivity index (χ2v) is 5.38. The van der Waals surface area contributed by atoms with Crippen molar-refractivity contribution in [3.8, 4) is 5.69 Å². The molecule has 0 saturated heterocycles. The molecule has 8 heteroatoms. The van der Waals surface area contributed by atoms with Crippen LogP contribution in [0.2, 0.25) is 5.02 Å². The summed E-state index contributed by atoms with van der Waals surface area (Å²) in [6, 6.07) is 7.09. The molecule has 1 heterocycles. The van der Waals surface area contributed by atoms with E-state index >= 15 is 0 Å². The van der Waals surface area contributed by atoms with Gasteiger partial charge >= 0.3 is 5.97 Å². The number of carbonyl (C=O) groups excluding carboxylic acids is 1. The van der Waals surface area contributed by atoms with Gasteiger partial charge in [-0.25, -0.2) is 0 Å². The summed E-state index contributed by atoms with van der Waals surface area (Å²) < 4.78 is 6.21. The Bertz CT molecular complexity index is 572. The van der Waals surface area contributed by atoms with Crippen LogP contribution in [0.4, 0.5) is 0 Å². The van der Waals surface area contributed by atoms with Crippen LogP contribution in [-0.2, 0) is 9.53 Å². The lowest BCUT2D eigenvalue weighted by molar-refractivity contribution is -0.139. The Morgan fingerprint density at radius 3 is 2.74 bits per heavy atom. The molecule has 1 unspecified atom stereocenters. The maximum absolute atomic E-state index is 11.4. The highest BCUT2D eigenvalue weighted by molar-refractivity contribution is 8.00. The molecule has 1 aromatic carbocycles. The van der Waals surface area contributed by atoms with Gasteiger partial charge in [0.05, 0.1) is 12.8 Å². The molecule has 19 heavy (non-hydrogen) atoms. The van der Waals surface area contributed by atoms with E-state index in [1.807, 2.05) is 0 Å². The van der Waals surface area contributed by atoms with E-state index in [0.29, 0.717) is 10.2 Å². The number of rotatable bonds is 4. The summed E-state index contributed by atoms with van der Waals surface area (Å²) >= 11 is 7.06. The number of methoxy groups -OCH3 is 1. The molecule has 0 saturated carbocycles. The number of hydrogen-bond donors (Lipinski definition) is 0. The zero-order valence-corrected chi connectivity index (χ0v) is 11.9. The van der Waals surface area contributed by atoms with E-state index in [-0.39, 0.29) is 11.2 Å². The van der Waals surface area contributed by atoms with Crippen LogP contribution in [0.3, 0.4) is 0 Å². The lowest BCUT2D eigenvalue weighted by Gasteiger charge is -2.08. The van der Waals surface area contributed by atoms with Gasteiger partial charge in [0.1, 0.15) is 5.25 Å². The Balaban J connectivity index is 2.22. The van der Waals surface area contributed by atoms with Gasteiger partial charge < -0.3 is 4.74 Å². The Labute approximate surface area is 119 Å². The van der Waals surface area contributed by atoms with E-state index in [4.69, 9.17) is 11.6 Å². The minimum Gasteiger partial charge on any atom is -0.468 e. The van der Waals surface area contributed by atoms with E-state index in [1.165, 1.54) is 18.9 Å². The van der Waals surface area contributed by atoms with E-state index in [9.17, 15) is 4.79 Å². The number of nitrogens with zero attached hydrogens (tertiary/aromatic N) is 4. The van der Waals surface area contributed by atoms with Gasteiger partial charge in [-0.3, -0.25) is 4.79 Å². The van der Waals surface area contributed by atoms with Gasteiger partial charge in [0, 0.05) is 5.02 Å². The van der Waals surface area contributed by atoms with Crippen molar-refractivity contribution in [2.75, 3.05) is 7.11 Å². The molecule has 0 aliphatic rings. The zero-order valence-electron chi connectivity index (χ0n) is 10.3. The van der Waals surface area contributed by atoms with E-state index < -0.39 is 0 Å². The number of carbonyl (C=O) groups is 1. The Morgan fingerprint density at radius 1 is 1.42 bits per heavy atom. The van der Waals surface area contributed by atoms with Crippen molar-refractivity contribution in [3.05, 3.63) is 29.3 Å². The molecule has 0 N–H and O–H groups in total. The fourth-order valence-electron chi connectivity index (χ4n) is 1.37. The third-order valence-electron chi connectivity index (χ3n) is 2.33. The summed E-state index contributed by atoms with van der Waals surface area (Å²) in [5, 5.41) is 12.2. The first kappa shape index (κ1) is 13.8. The van der Waals surface area contributed by atoms with Crippen molar-refractivity contribution < 1.29 is 9.53 Å². The molecule has 100 valence electrons. The highest BCUT2D eigenvalue weighted by Crippen LogP contribution is 2.23. The topological polar surface area (TPSA) is 69.9 Å². The molecule has 2 aromatic rings. The standard InChI is InChI=1S/C11H11ClN4O2S/c1-7(10(17)18-2)19-11-13-14-15-16(11)9-5-3-8(12)4-6-9/h3-7H,1-2H3. The average molecular weight is 299 g/mol. The Kier molecular flexibility index (Phi) is 4.39. The summed E-state index contributed by atoms with van der Waals surface area (Å²) in [4.78, 5) is 11.4. The first-order valence-corrected chi connectivity index (χ1v) is 6.66. The third kappa shape index (κ3) is 3.24. The lowest BCUT2D eigenvalue weighted by atomic mass is 10.3. The summed E-state index contributed by atoms with van der Waals surface area (Å²) in [5.74, 6) is -0.323. The van der Waals surface area contributed by atoms with Crippen LogP contribution in [0.25, 0.3) is 5.69 Å². The number of aromatic nitrogens is 4. The Hall–Kier alpha value is -1.60. The van der Waals surface area contributed by atoms with Crippen molar-refractivity contribution >= 4 is 29.3 Å². The van der Waals surface area contributed by atoms with Crippen LogP contribution < -0.4 is 0 Å². The van der Waals surface area contributed by atoms with Gasteiger partial charge in [-0.2, -0.15) is 4.68 Å². The van der Waals surface area contributed by atoms with Gasteiger partial charge in [-0.05, 0) is 41.6 Å². The van der Waals surface area contributed by atoms with Crippen molar-refractivity contribution in [3.63, 3.8) is 0 Å². The summed E-state index contributed by atoms with van der Waals surface area (Å²) in [5.41, 5.74) is 0.772. The number of thioether (sulfide) groups is 1. The van der Waals surface area contributed by atoms with Gasteiger partial charge in [0.25, 0.3) is 0 Å². The zero-order chi connectivity index (χ0) is 13.8. The maximum atomic E-state index is 11.4. The number of benzene rings is 1. The summed E-state index contributed by atoms with van der Waals surface area (Å²) in [7, 11) is 1.35.